The predicted molar refractivity (Wildman–Crippen MR) is 145 cm³/mol. The summed E-state index contributed by atoms with van der Waals surface area (Å²) in [6, 6.07) is 20.3. The maximum Gasteiger partial charge on any atom is 0.294 e. The third kappa shape index (κ3) is 4.56. The van der Waals surface area contributed by atoms with Crippen molar-refractivity contribution in [1.82, 2.24) is 0 Å². The molecule has 1 unspecified atom stereocenters. The Bertz CT molecular complexity index is 1590. The van der Waals surface area contributed by atoms with Crippen molar-refractivity contribution in [2.45, 2.75) is 26.3 Å². The number of fused-ring (bicyclic) bond motifs is 1. The number of aliphatic hydroxyl groups is 1. The molecule has 7 nitrogen and oxygen atoms in total. The smallest absolute Gasteiger partial charge is 0.294 e. The van der Waals surface area contributed by atoms with Crippen LogP contribution in [0.5, 0.6) is 0 Å². The molecule has 2 amide bonds. The number of carbonyl (C=O) groups excluding carboxylic acids is 3. The summed E-state index contributed by atoms with van der Waals surface area (Å²) in [6.07, 6.45) is 0.827. The quantitative estimate of drug-likeness (QED) is 0.263. The van der Waals surface area contributed by atoms with Crippen LogP contribution >= 0.6 is 15.9 Å². The zero-order chi connectivity index (χ0) is 26.3. The Morgan fingerprint density at radius 2 is 1.81 bits per heavy atom. The molecule has 0 aliphatic carbocycles. The van der Waals surface area contributed by atoms with Gasteiger partial charge in [0, 0.05) is 28.2 Å². The van der Waals surface area contributed by atoms with Crippen LogP contribution in [0.4, 0.5) is 11.4 Å². The molecule has 0 radical (unpaired) electrons. The number of rotatable bonds is 6. The zero-order valence-corrected chi connectivity index (χ0v) is 21.7. The number of benzene rings is 3. The van der Waals surface area contributed by atoms with Gasteiger partial charge in [-0.1, -0.05) is 53.2 Å². The summed E-state index contributed by atoms with van der Waals surface area (Å²) in [5, 5.41) is 14.5. The molecule has 2 N–H and O–H groups in total. The lowest BCUT2D eigenvalue weighted by atomic mass is 9.94. The largest absolute Gasteiger partial charge is 0.503 e. The van der Waals surface area contributed by atoms with E-state index in [0.29, 0.717) is 27.9 Å². The molecule has 4 aromatic rings. The number of aliphatic hydroxyl groups excluding tert-OH is 1. The van der Waals surface area contributed by atoms with Gasteiger partial charge < -0.3 is 14.8 Å². The van der Waals surface area contributed by atoms with Gasteiger partial charge in [0.05, 0.1) is 11.6 Å². The topological polar surface area (TPSA) is 99.8 Å². The van der Waals surface area contributed by atoms with E-state index in [4.69, 9.17) is 4.42 Å². The van der Waals surface area contributed by atoms with Gasteiger partial charge in [-0.25, -0.2) is 0 Å². The molecule has 186 valence electrons. The van der Waals surface area contributed by atoms with Crippen LogP contribution in [-0.2, 0) is 16.0 Å². The van der Waals surface area contributed by atoms with Gasteiger partial charge in [0.1, 0.15) is 5.58 Å². The summed E-state index contributed by atoms with van der Waals surface area (Å²) in [7, 11) is 0. The molecule has 0 fully saturated rings. The number of amides is 2. The second kappa shape index (κ2) is 9.71. The van der Waals surface area contributed by atoms with Gasteiger partial charge in [-0.05, 0) is 60.0 Å². The van der Waals surface area contributed by atoms with Crippen LogP contribution in [0.15, 0.2) is 93.0 Å². The molecule has 0 bridgehead atoms. The lowest BCUT2D eigenvalue weighted by Gasteiger charge is -2.27. The molecule has 0 saturated carbocycles. The summed E-state index contributed by atoms with van der Waals surface area (Å²) in [5.41, 5.74) is 3.10. The highest BCUT2D eigenvalue weighted by Crippen LogP contribution is 2.43. The number of hydrogen-bond donors (Lipinski definition) is 2. The Balaban J connectivity index is 1.64. The zero-order valence-electron chi connectivity index (χ0n) is 20.1. The second-order valence-corrected chi connectivity index (χ2v) is 9.70. The molecule has 1 atom stereocenters. The molecule has 0 saturated heterocycles. The average molecular weight is 559 g/mol. The van der Waals surface area contributed by atoms with E-state index >= 15 is 0 Å². The maximum absolute atomic E-state index is 13.8. The minimum atomic E-state index is -0.904. The van der Waals surface area contributed by atoms with Gasteiger partial charge in [0.2, 0.25) is 11.7 Å². The van der Waals surface area contributed by atoms with Gasteiger partial charge in [-0.3, -0.25) is 19.3 Å². The van der Waals surface area contributed by atoms with Gasteiger partial charge in [-0.15, -0.1) is 0 Å². The van der Waals surface area contributed by atoms with Crippen molar-refractivity contribution in [3.05, 3.63) is 105 Å². The Labute approximate surface area is 221 Å². The normalized spacial score (nSPS) is 15.5. The molecule has 1 aromatic heterocycles. The van der Waals surface area contributed by atoms with Crippen molar-refractivity contribution >= 4 is 55.9 Å². The third-order valence-electron chi connectivity index (χ3n) is 6.30. The molecule has 5 rings (SSSR count). The number of furan rings is 1. The number of halogens is 1. The van der Waals surface area contributed by atoms with E-state index in [-0.39, 0.29) is 17.2 Å². The molecule has 3 aromatic carbocycles. The maximum atomic E-state index is 13.8. The Kier molecular flexibility index (Phi) is 6.43. The van der Waals surface area contributed by atoms with Gasteiger partial charge in [-0.2, -0.15) is 0 Å². The van der Waals surface area contributed by atoms with Crippen LogP contribution in [0, 0.1) is 0 Å². The van der Waals surface area contributed by atoms with Crippen LogP contribution in [0.25, 0.3) is 11.0 Å². The van der Waals surface area contributed by atoms with E-state index in [9.17, 15) is 19.5 Å². The fraction of sp³-hybridized carbons (Fsp3) is 0.138. The number of nitrogens with zero attached hydrogens (tertiary/aromatic N) is 1. The number of anilines is 2. The number of hydrogen-bond acceptors (Lipinski definition) is 5. The van der Waals surface area contributed by atoms with Crippen LogP contribution in [-0.4, -0.2) is 22.7 Å². The van der Waals surface area contributed by atoms with E-state index in [1.165, 1.54) is 11.8 Å². The molecule has 0 spiro atoms. The van der Waals surface area contributed by atoms with Crippen LogP contribution < -0.4 is 10.2 Å². The molecule has 37 heavy (non-hydrogen) atoms. The first-order valence-corrected chi connectivity index (χ1v) is 12.5. The van der Waals surface area contributed by atoms with E-state index in [2.05, 4.69) is 21.2 Å². The first kappa shape index (κ1) is 24.5. The highest BCUT2D eigenvalue weighted by atomic mass is 79.9. The van der Waals surface area contributed by atoms with E-state index in [1.807, 2.05) is 37.3 Å². The molecule has 1 aliphatic rings. The molecular weight excluding hydrogens is 536 g/mol. The monoisotopic (exact) mass is 558 g/mol. The third-order valence-corrected chi connectivity index (χ3v) is 6.80. The first-order chi connectivity index (χ1) is 17.8. The average Bonchev–Trinajstić information content (AvgIpc) is 3.42. The summed E-state index contributed by atoms with van der Waals surface area (Å²) < 4.78 is 6.64. The van der Waals surface area contributed by atoms with Crippen molar-refractivity contribution < 1.29 is 23.9 Å². The minimum Gasteiger partial charge on any atom is -0.503 e. The van der Waals surface area contributed by atoms with Crippen LogP contribution in [0.2, 0.25) is 0 Å². The summed E-state index contributed by atoms with van der Waals surface area (Å²) in [5.74, 6) is -2.17. The first-order valence-electron chi connectivity index (χ1n) is 11.7. The van der Waals surface area contributed by atoms with Crippen molar-refractivity contribution in [1.29, 1.82) is 0 Å². The number of carbonyl (C=O) groups is 3. The van der Waals surface area contributed by atoms with E-state index in [0.717, 1.165) is 16.5 Å². The van der Waals surface area contributed by atoms with Crippen molar-refractivity contribution in [3.63, 3.8) is 0 Å². The van der Waals surface area contributed by atoms with E-state index < -0.39 is 23.5 Å². The highest BCUT2D eigenvalue weighted by Gasteiger charge is 2.45. The fourth-order valence-corrected chi connectivity index (χ4v) is 4.93. The Morgan fingerprint density at radius 3 is 2.51 bits per heavy atom. The highest BCUT2D eigenvalue weighted by molar-refractivity contribution is 9.10. The summed E-state index contributed by atoms with van der Waals surface area (Å²) in [4.78, 5) is 40.2. The Hall–Kier alpha value is -4.17. The standard InChI is InChI=1S/C29H23BrN2O5/c1-3-17-7-9-18(10-8-17)26-25(27(34)24-14-19-13-20(30)11-12-23(19)37-24)28(35)29(36)32(26)22-6-4-5-21(15-22)31-16(2)33/h4-15,26,35H,3H2,1-2H3,(H,31,33). The van der Waals surface area contributed by atoms with Crippen molar-refractivity contribution in [2.75, 3.05) is 10.2 Å². The van der Waals surface area contributed by atoms with Gasteiger partial charge in [0.25, 0.3) is 5.91 Å². The van der Waals surface area contributed by atoms with Gasteiger partial charge in [0.15, 0.2) is 11.5 Å². The van der Waals surface area contributed by atoms with Crippen LogP contribution in [0.3, 0.4) is 0 Å². The summed E-state index contributed by atoms with van der Waals surface area (Å²) in [6.45, 7) is 3.43. The number of aryl methyl sites for hydroxylation is 1. The Morgan fingerprint density at radius 1 is 1.05 bits per heavy atom. The predicted octanol–water partition coefficient (Wildman–Crippen LogP) is 6.50. The number of Topliss-reactive ketones (excluding diaryl/α,β-unsaturated/α-hetero) is 1. The number of ketones is 1. The van der Waals surface area contributed by atoms with Crippen LogP contribution in [0.1, 0.15) is 41.6 Å². The molecule has 1 aliphatic heterocycles. The molecular formula is C29H23BrN2O5. The lowest BCUT2D eigenvalue weighted by molar-refractivity contribution is -0.117. The summed E-state index contributed by atoms with van der Waals surface area (Å²) >= 11 is 3.42. The lowest BCUT2D eigenvalue weighted by Crippen LogP contribution is -2.31. The van der Waals surface area contributed by atoms with E-state index in [1.54, 1.807) is 42.5 Å². The number of nitrogens with one attached hydrogen (secondary N) is 1. The fourth-order valence-electron chi connectivity index (χ4n) is 4.55. The second-order valence-electron chi connectivity index (χ2n) is 8.79. The van der Waals surface area contributed by atoms with Crippen molar-refractivity contribution in [2.24, 2.45) is 0 Å². The molecule has 2 heterocycles. The van der Waals surface area contributed by atoms with Crippen molar-refractivity contribution in [3.8, 4) is 0 Å². The molecule has 8 heteroatoms. The SMILES string of the molecule is CCc1ccc(C2C(C(=O)c3cc4cc(Br)ccc4o3)=C(O)C(=O)N2c2cccc(NC(C)=O)c2)cc1. The minimum absolute atomic E-state index is 0.0199. The van der Waals surface area contributed by atoms with Gasteiger partial charge >= 0.3 is 0 Å².